The smallest absolute Gasteiger partial charge is 0.328 e. The van der Waals surface area contributed by atoms with Crippen LogP contribution in [0.25, 0.3) is 5.69 Å². The molecule has 2 aromatic rings. The van der Waals surface area contributed by atoms with Gasteiger partial charge in [-0.15, -0.1) is 0 Å². The van der Waals surface area contributed by atoms with E-state index in [2.05, 4.69) is 10.4 Å². The van der Waals surface area contributed by atoms with Crippen molar-refractivity contribution >= 4 is 11.9 Å². The average Bonchev–Trinajstić information content (AvgIpc) is 2.99. The van der Waals surface area contributed by atoms with Gasteiger partial charge < -0.3 is 15.2 Å². The van der Waals surface area contributed by atoms with E-state index in [1.807, 2.05) is 37.3 Å². The van der Waals surface area contributed by atoms with Gasteiger partial charge in [-0.3, -0.25) is 4.79 Å². The van der Waals surface area contributed by atoms with Crippen LogP contribution >= 0.6 is 0 Å². The lowest BCUT2D eigenvalue weighted by Gasteiger charge is -2.14. The van der Waals surface area contributed by atoms with Crippen molar-refractivity contribution in [1.29, 1.82) is 0 Å². The largest absolute Gasteiger partial charge is 0.480 e. The van der Waals surface area contributed by atoms with Crippen molar-refractivity contribution in [3.63, 3.8) is 0 Å². The fraction of sp³-hybridized carbons (Fsp3) is 0.353. The minimum atomic E-state index is -1.14. The zero-order valence-electron chi connectivity index (χ0n) is 13.7. The van der Waals surface area contributed by atoms with Crippen LogP contribution in [-0.2, 0) is 16.0 Å². The van der Waals surface area contributed by atoms with Gasteiger partial charge in [0.25, 0.3) is 5.91 Å². The number of carboxylic acid groups (broad SMARTS) is 1. The predicted octanol–water partition coefficient (Wildman–Crippen LogP) is 1.65. The van der Waals surface area contributed by atoms with Crippen LogP contribution in [0.2, 0.25) is 0 Å². The number of para-hydroxylation sites is 1. The standard InChI is InChI=1S/C17H21N3O4/c1-3-7-15-13(16(21)19-14(11-24-2)17(22)23)10-18-20(15)12-8-5-4-6-9-12/h4-6,8-10,14H,3,7,11H2,1-2H3,(H,19,21)(H,22,23). The van der Waals surface area contributed by atoms with Gasteiger partial charge in [0, 0.05) is 7.11 Å². The summed E-state index contributed by atoms with van der Waals surface area (Å²) in [7, 11) is 1.39. The van der Waals surface area contributed by atoms with Crippen LogP contribution in [0, 0.1) is 0 Å². The van der Waals surface area contributed by atoms with Crippen molar-refractivity contribution in [2.24, 2.45) is 0 Å². The highest BCUT2D eigenvalue weighted by molar-refractivity contribution is 5.97. The van der Waals surface area contributed by atoms with Crippen LogP contribution in [0.15, 0.2) is 36.5 Å². The Morgan fingerprint density at radius 3 is 2.62 bits per heavy atom. The van der Waals surface area contributed by atoms with Crippen LogP contribution in [0.3, 0.4) is 0 Å². The number of aromatic nitrogens is 2. The molecule has 0 bridgehead atoms. The Morgan fingerprint density at radius 1 is 1.33 bits per heavy atom. The highest BCUT2D eigenvalue weighted by Crippen LogP contribution is 2.17. The fourth-order valence-corrected chi connectivity index (χ4v) is 2.41. The molecule has 0 fully saturated rings. The number of nitrogens with zero attached hydrogens (tertiary/aromatic N) is 2. The molecule has 0 saturated heterocycles. The molecule has 1 heterocycles. The first-order chi connectivity index (χ1) is 11.6. The van der Waals surface area contributed by atoms with E-state index < -0.39 is 17.9 Å². The van der Waals surface area contributed by atoms with Crippen LogP contribution < -0.4 is 5.32 Å². The zero-order valence-corrected chi connectivity index (χ0v) is 13.7. The third-order valence-electron chi connectivity index (χ3n) is 3.54. The van der Waals surface area contributed by atoms with E-state index in [-0.39, 0.29) is 6.61 Å². The van der Waals surface area contributed by atoms with Crippen molar-refractivity contribution in [2.75, 3.05) is 13.7 Å². The topological polar surface area (TPSA) is 93.4 Å². The number of carbonyl (C=O) groups is 2. The lowest BCUT2D eigenvalue weighted by Crippen LogP contribution is -2.44. The van der Waals surface area contributed by atoms with Gasteiger partial charge >= 0.3 is 5.97 Å². The molecule has 2 N–H and O–H groups in total. The predicted molar refractivity (Wildman–Crippen MR) is 88.3 cm³/mol. The fourth-order valence-electron chi connectivity index (χ4n) is 2.41. The second-order valence-electron chi connectivity index (χ2n) is 5.32. The third-order valence-corrected chi connectivity index (χ3v) is 3.54. The van der Waals surface area contributed by atoms with E-state index >= 15 is 0 Å². The van der Waals surface area contributed by atoms with Crippen LogP contribution in [0.1, 0.15) is 29.4 Å². The second-order valence-corrected chi connectivity index (χ2v) is 5.32. The summed E-state index contributed by atoms with van der Waals surface area (Å²) in [6, 6.07) is 8.40. The zero-order chi connectivity index (χ0) is 17.5. The van der Waals surface area contributed by atoms with Crippen LogP contribution in [-0.4, -0.2) is 46.5 Å². The molecule has 2 rings (SSSR count). The highest BCUT2D eigenvalue weighted by Gasteiger charge is 2.24. The number of rotatable bonds is 8. The number of nitrogens with one attached hydrogen (secondary N) is 1. The number of methoxy groups -OCH3 is 1. The van der Waals surface area contributed by atoms with Crippen molar-refractivity contribution in [1.82, 2.24) is 15.1 Å². The SMILES string of the molecule is CCCc1c(C(=O)NC(COC)C(=O)O)cnn1-c1ccccc1. The van der Waals surface area contributed by atoms with E-state index in [1.165, 1.54) is 13.3 Å². The summed E-state index contributed by atoms with van der Waals surface area (Å²) in [4.78, 5) is 23.7. The number of carboxylic acids is 1. The molecule has 1 amide bonds. The lowest BCUT2D eigenvalue weighted by atomic mass is 10.1. The maximum absolute atomic E-state index is 12.5. The van der Waals surface area contributed by atoms with Gasteiger partial charge in [0.15, 0.2) is 6.04 Å². The summed E-state index contributed by atoms with van der Waals surface area (Å²) in [6.45, 7) is 1.91. The van der Waals surface area contributed by atoms with Gasteiger partial charge in [-0.05, 0) is 18.6 Å². The Morgan fingerprint density at radius 2 is 2.04 bits per heavy atom. The summed E-state index contributed by atoms with van der Waals surface area (Å²) in [5, 5.41) is 15.9. The minimum absolute atomic E-state index is 0.100. The molecule has 1 aromatic carbocycles. The highest BCUT2D eigenvalue weighted by atomic mass is 16.5. The molecular weight excluding hydrogens is 310 g/mol. The first kappa shape index (κ1) is 17.7. The van der Waals surface area contributed by atoms with E-state index in [1.54, 1.807) is 4.68 Å². The number of hydrogen-bond donors (Lipinski definition) is 2. The van der Waals surface area contributed by atoms with Gasteiger partial charge in [0.2, 0.25) is 0 Å². The van der Waals surface area contributed by atoms with Crippen LogP contribution in [0.4, 0.5) is 0 Å². The number of carbonyl (C=O) groups excluding carboxylic acids is 1. The number of benzene rings is 1. The number of ether oxygens (including phenoxy) is 1. The third kappa shape index (κ3) is 3.99. The van der Waals surface area contributed by atoms with Crippen molar-refractivity contribution < 1.29 is 19.4 Å². The molecule has 24 heavy (non-hydrogen) atoms. The molecule has 7 heteroatoms. The summed E-state index contributed by atoms with van der Waals surface area (Å²) in [5.41, 5.74) is 1.98. The number of hydrogen-bond acceptors (Lipinski definition) is 4. The Bertz CT molecular complexity index is 697. The Kier molecular flexibility index (Phi) is 6.08. The molecule has 0 saturated carbocycles. The summed E-state index contributed by atoms with van der Waals surface area (Å²) < 4.78 is 6.55. The Hall–Kier alpha value is -2.67. The maximum atomic E-state index is 12.5. The molecule has 0 aliphatic carbocycles. The molecular formula is C17H21N3O4. The molecule has 0 spiro atoms. The van der Waals surface area contributed by atoms with E-state index in [4.69, 9.17) is 9.84 Å². The van der Waals surface area contributed by atoms with Crippen molar-refractivity contribution in [3.05, 3.63) is 47.8 Å². The molecule has 1 atom stereocenters. The molecule has 0 aliphatic rings. The quantitative estimate of drug-likeness (QED) is 0.767. The number of amides is 1. The van der Waals surface area contributed by atoms with Gasteiger partial charge in [0.05, 0.1) is 29.7 Å². The molecule has 128 valence electrons. The Labute approximate surface area is 140 Å². The van der Waals surface area contributed by atoms with E-state index in [9.17, 15) is 9.59 Å². The summed E-state index contributed by atoms with van der Waals surface area (Å²) in [5.74, 6) is -1.61. The van der Waals surface area contributed by atoms with Gasteiger partial charge in [0.1, 0.15) is 0 Å². The first-order valence-electron chi connectivity index (χ1n) is 7.73. The maximum Gasteiger partial charge on any atom is 0.328 e. The molecule has 0 radical (unpaired) electrons. The van der Waals surface area contributed by atoms with Gasteiger partial charge in [-0.2, -0.15) is 5.10 Å². The first-order valence-corrected chi connectivity index (χ1v) is 7.73. The van der Waals surface area contributed by atoms with Gasteiger partial charge in [-0.1, -0.05) is 31.5 Å². The lowest BCUT2D eigenvalue weighted by molar-refractivity contribution is -0.140. The summed E-state index contributed by atoms with van der Waals surface area (Å²) in [6.07, 6.45) is 2.96. The summed E-state index contributed by atoms with van der Waals surface area (Å²) >= 11 is 0. The Balaban J connectivity index is 2.31. The monoisotopic (exact) mass is 331 g/mol. The molecule has 1 aromatic heterocycles. The minimum Gasteiger partial charge on any atom is -0.480 e. The number of aliphatic carboxylic acids is 1. The van der Waals surface area contributed by atoms with Crippen LogP contribution in [0.5, 0.6) is 0 Å². The van der Waals surface area contributed by atoms with Crippen molar-refractivity contribution in [2.45, 2.75) is 25.8 Å². The normalized spacial score (nSPS) is 11.9. The molecule has 1 unspecified atom stereocenters. The van der Waals surface area contributed by atoms with E-state index in [0.717, 1.165) is 17.8 Å². The second kappa shape index (κ2) is 8.26. The van der Waals surface area contributed by atoms with E-state index in [0.29, 0.717) is 12.0 Å². The van der Waals surface area contributed by atoms with Gasteiger partial charge in [-0.25, -0.2) is 9.48 Å². The van der Waals surface area contributed by atoms with Crippen molar-refractivity contribution in [3.8, 4) is 5.69 Å². The average molecular weight is 331 g/mol. The molecule has 0 aliphatic heterocycles. The molecule has 7 nitrogen and oxygen atoms in total.